The SMILES string of the molecule is NC(=O)C(c1ccccc1)N1CCC[C@H](CO)C1. The molecule has 2 rings (SSSR count). The molecule has 1 fully saturated rings. The van der Waals surface area contributed by atoms with Crippen LogP contribution in [0.4, 0.5) is 0 Å². The summed E-state index contributed by atoms with van der Waals surface area (Å²) in [6.45, 7) is 1.77. The number of primary amides is 1. The first-order valence-electron chi connectivity index (χ1n) is 6.41. The lowest BCUT2D eigenvalue weighted by Gasteiger charge is -2.36. The molecule has 1 aromatic carbocycles. The largest absolute Gasteiger partial charge is 0.396 e. The number of nitrogens with zero attached hydrogens (tertiary/aromatic N) is 1. The first-order valence-corrected chi connectivity index (χ1v) is 6.41. The fourth-order valence-corrected chi connectivity index (χ4v) is 2.67. The number of hydrogen-bond donors (Lipinski definition) is 2. The number of nitrogens with two attached hydrogens (primary N) is 1. The van der Waals surface area contributed by atoms with Gasteiger partial charge in [0.25, 0.3) is 0 Å². The lowest BCUT2D eigenvalue weighted by atomic mass is 9.95. The molecule has 0 radical (unpaired) electrons. The molecule has 0 saturated carbocycles. The molecule has 1 aromatic rings. The van der Waals surface area contributed by atoms with Gasteiger partial charge in [0.2, 0.25) is 5.91 Å². The molecule has 2 atom stereocenters. The van der Waals surface area contributed by atoms with Crippen LogP contribution in [0.3, 0.4) is 0 Å². The van der Waals surface area contributed by atoms with E-state index in [1.165, 1.54) is 0 Å². The molecule has 0 bridgehead atoms. The van der Waals surface area contributed by atoms with Crippen molar-refractivity contribution < 1.29 is 9.90 Å². The summed E-state index contributed by atoms with van der Waals surface area (Å²) in [5, 5.41) is 9.26. The van der Waals surface area contributed by atoms with E-state index in [1.807, 2.05) is 30.3 Å². The topological polar surface area (TPSA) is 66.6 Å². The molecule has 0 aliphatic carbocycles. The van der Waals surface area contributed by atoms with Crippen LogP contribution in [0, 0.1) is 5.92 Å². The number of carbonyl (C=O) groups is 1. The summed E-state index contributed by atoms with van der Waals surface area (Å²) in [7, 11) is 0. The van der Waals surface area contributed by atoms with Crippen molar-refractivity contribution in [3.8, 4) is 0 Å². The van der Waals surface area contributed by atoms with Crippen molar-refractivity contribution in [2.45, 2.75) is 18.9 Å². The van der Waals surface area contributed by atoms with Crippen LogP contribution in [-0.2, 0) is 4.79 Å². The lowest BCUT2D eigenvalue weighted by Crippen LogP contribution is -2.44. The third-order valence-corrected chi connectivity index (χ3v) is 3.56. The van der Waals surface area contributed by atoms with Gasteiger partial charge >= 0.3 is 0 Å². The molecule has 1 aliphatic heterocycles. The molecule has 0 aromatic heterocycles. The van der Waals surface area contributed by atoms with Crippen LogP contribution in [0.1, 0.15) is 24.4 Å². The van der Waals surface area contributed by atoms with Crippen LogP contribution >= 0.6 is 0 Å². The van der Waals surface area contributed by atoms with Gasteiger partial charge in [0.05, 0.1) is 0 Å². The highest BCUT2D eigenvalue weighted by molar-refractivity contribution is 5.81. The van der Waals surface area contributed by atoms with Crippen LogP contribution in [0.2, 0.25) is 0 Å². The highest BCUT2D eigenvalue weighted by atomic mass is 16.3. The predicted octanol–water partition coefficient (Wildman–Crippen LogP) is 0.917. The van der Waals surface area contributed by atoms with Crippen molar-refractivity contribution in [1.29, 1.82) is 0 Å². The van der Waals surface area contributed by atoms with E-state index >= 15 is 0 Å². The number of hydrogen-bond acceptors (Lipinski definition) is 3. The summed E-state index contributed by atoms with van der Waals surface area (Å²) < 4.78 is 0. The summed E-state index contributed by atoms with van der Waals surface area (Å²) in [6, 6.07) is 9.24. The molecular formula is C14H20N2O2. The number of piperidine rings is 1. The fourth-order valence-electron chi connectivity index (χ4n) is 2.67. The summed E-state index contributed by atoms with van der Waals surface area (Å²) in [4.78, 5) is 13.8. The molecule has 1 aliphatic rings. The van der Waals surface area contributed by atoms with Gasteiger partial charge in [-0.3, -0.25) is 9.69 Å². The van der Waals surface area contributed by atoms with Crippen molar-refractivity contribution in [2.75, 3.05) is 19.7 Å². The summed E-state index contributed by atoms with van der Waals surface area (Å²) in [6.07, 6.45) is 2.02. The second-order valence-corrected chi connectivity index (χ2v) is 4.90. The van der Waals surface area contributed by atoms with Crippen molar-refractivity contribution in [3.63, 3.8) is 0 Å². The summed E-state index contributed by atoms with van der Waals surface area (Å²) >= 11 is 0. The third kappa shape index (κ3) is 2.89. The maximum Gasteiger partial charge on any atom is 0.239 e. The standard InChI is InChI=1S/C14H20N2O2/c15-14(18)13(12-6-2-1-3-7-12)16-8-4-5-11(9-16)10-17/h1-3,6-7,11,13,17H,4-5,8-10H2,(H2,15,18)/t11-,13?/m0/s1. The molecule has 18 heavy (non-hydrogen) atoms. The second kappa shape index (κ2) is 5.98. The maximum absolute atomic E-state index is 11.7. The molecule has 4 heteroatoms. The Hall–Kier alpha value is -1.39. The van der Waals surface area contributed by atoms with E-state index in [2.05, 4.69) is 4.90 Å². The van der Waals surface area contributed by atoms with Gasteiger partial charge in [-0.05, 0) is 30.9 Å². The zero-order valence-electron chi connectivity index (χ0n) is 10.5. The van der Waals surface area contributed by atoms with Gasteiger partial charge in [0.1, 0.15) is 6.04 Å². The Morgan fingerprint density at radius 1 is 1.44 bits per heavy atom. The summed E-state index contributed by atoms with van der Waals surface area (Å²) in [5.41, 5.74) is 6.48. The Kier molecular flexibility index (Phi) is 4.33. The normalized spacial score (nSPS) is 22.6. The minimum atomic E-state index is -0.374. The van der Waals surface area contributed by atoms with E-state index in [-0.39, 0.29) is 24.5 Å². The average molecular weight is 248 g/mol. The van der Waals surface area contributed by atoms with Gasteiger partial charge in [-0.1, -0.05) is 30.3 Å². The van der Waals surface area contributed by atoms with E-state index in [0.717, 1.165) is 31.5 Å². The minimum Gasteiger partial charge on any atom is -0.396 e. The molecule has 4 nitrogen and oxygen atoms in total. The smallest absolute Gasteiger partial charge is 0.239 e. The number of benzene rings is 1. The van der Waals surface area contributed by atoms with E-state index in [4.69, 9.17) is 5.73 Å². The monoisotopic (exact) mass is 248 g/mol. The van der Waals surface area contributed by atoms with Crippen molar-refractivity contribution in [1.82, 2.24) is 4.90 Å². The Bertz CT molecular complexity index is 394. The molecule has 98 valence electrons. The molecular weight excluding hydrogens is 228 g/mol. The zero-order chi connectivity index (χ0) is 13.0. The lowest BCUT2D eigenvalue weighted by molar-refractivity contribution is -0.124. The zero-order valence-corrected chi connectivity index (χ0v) is 10.5. The van der Waals surface area contributed by atoms with Gasteiger partial charge in [-0.25, -0.2) is 0 Å². The number of aliphatic hydroxyl groups is 1. The van der Waals surface area contributed by atoms with Gasteiger partial charge < -0.3 is 10.8 Å². The molecule has 0 spiro atoms. The molecule has 1 unspecified atom stereocenters. The number of carbonyl (C=O) groups excluding carboxylic acids is 1. The fraction of sp³-hybridized carbons (Fsp3) is 0.500. The van der Waals surface area contributed by atoms with Crippen LogP contribution in [-0.4, -0.2) is 35.6 Å². The number of amides is 1. The van der Waals surface area contributed by atoms with Crippen LogP contribution < -0.4 is 5.73 Å². The molecule has 1 saturated heterocycles. The van der Waals surface area contributed by atoms with Crippen LogP contribution in [0.15, 0.2) is 30.3 Å². The van der Waals surface area contributed by atoms with Gasteiger partial charge in [-0.2, -0.15) is 0 Å². The molecule has 1 heterocycles. The number of rotatable bonds is 4. The van der Waals surface area contributed by atoms with E-state index < -0.39 is 0 Å². The number of likely N-dealkylation sites (tertiary alicyclic amines) is 1. The van der Waals surface area contributed by atoms with Crippen LogP contribution in [0.25, 0.3) is 0 Å². The Morgan fingerprint density at radius 3 is 2.78 bits per heavy atom. The van der Waals surface area contributed by atoms with E-state index in [9.17, 15) is 9.90 Å². The Labute approximate surface area is 107 Å². The number of aliphatic hydroxyl groups excluding tert-OH is 1. The molecule has 3 N–H and O–H groups in total. The molecule has 1 amide bonds. The average Bonchev–Trinajstić information content (AvgIpc) is 2.40. The maximum atomic E-state index is 11.7. The second-order valence-electron chi connectivity index (χ2n) is 4.90. The van der Waals surface area contributed by atoms with Gasteiger partial charge in [-0.15, -0.1) is 0 Å². The highest BCUT2D eigenvalue weighted by Crippen LogP contribution is 2.26. The first kappa shape index (κ1) is 13.1. The van der Waals surface area contributed by atoms with Crippen molar-refractivity contribution >= 4 is 5.91 Å². The van der Waals surface area contributed by atoms with E-state index in [1.54, 1.807) is 0 Å². The van der Waals surface area contributed by atoms with E-state index in [0.29, 0.717) is 0 Å². The third-order valence-electron chi connectivity index (χ3n) is 3.56. The van der Waals surface area contributed by atoms with Gasteiger partial charge in [0.15, 0.2) is 0 Å². The Balaban J connectivity index is 2.18. The minimum absolute atomic E-state index is 0.177. The quantitative estimate of drug-likeness (QED) is 0.832. The first-order chi connectivity index (χ1) is 8.72. The van der Waals surface area contributed by atoms with Crippen LogP contribution in [0.5, 0.6) is 0 Å². The highest BCUT2D eigenvalue weighted by Gasteiger charge is 2.29. The van der Waals surface area contributed by atoms with Gasteiger partial charge in [0, 0.05) is 13.2 Å². The summed E-state index contributed by atoms with van der Waals surface area (Å²) in [5.74, 6) is -0.0656. The van der Waals surface area contributed by atoms with Crippen molar-refractivity contribution in [3.05, 3.63) is 35.9 Å². The predicted molar refractivity (Wildman–Crippen MR) is 69.8 cm³/mol. The van der Waals surface area contributed by atoms with Crippen molar-refractivity contribution in [2.24, 2.45) is 11.7 Å². The Morgan fingerprint density at radius 2 is 2.17 bits per heavy atom.